The van der Waals surface area contributed by atoms with E-state index in [1.54, 1.807) is 6.20 Å². The number of nitrogens with zero attached hydrogens (tertiary/aromatic N) is 2. The van der Waals surface area contributed by atoms with E-state index in [9.17, 15) is 0 Å². The first-order chi connectivity index (χ1) is 7.13. The van der Waals surface area contributed by atoms with E-state index >= 15 is 0 Å². The maximum absolute atomic E-state index is 8.98. The van der Waals surface area contributed by atoms with Crippen LogP contribution < -0.4 is 5.32 Å². The second-order valence-corrected chi connectivity index (χ2v) is 3.92. The van der Waals surface area contributed by atoms with Crippen molar-refractivity contribution < 1.29 is 5.11 Å². The predicted molar refractivity (Wildman–Crippen MR) is 59.3 cm³/mol. The van der Waals surface area contributed by atoms with Crippen molar-refractivity contribution in [3.63, 3.8) is 0 Å². The van der Waals surface area contributed by atoms with Gasteiger partial charge in [-0.1, -0.05) is 6.92 Å². The lowest BCUT2D eigenvalue weighted by atomic mass is 10.1. The number of aryl methyl sites for hydroxylation is 1. The van der Waals surface area contributed by atoms with Crippen LogP contribution in [0.2, 0.25) is 0 Å². The molecule has 84 valence electrons. The molecular weight excluding hydrogens is 190 g/mol. The lowest BCUT2D eigenvalue weighted by Gasteiger charge is -2.18. The Morgan fingerprint density at radius 3 is 2.80 bits per heavy atom. The summed E-state index contributed by atoms with van der Waals surface area (Å²) in [6, 6.07) is 2.18. The zero-order valence-electron chi connectivity index (χ0n) is 9.57. The number of nitrogens with one attached hydrogen (secondary N) is 1. The summed E-state index contributed by atoms with van der Waals surface area (Å²) in [6.45, 7) is 6.88. The maximum atomic E-state index is 8.98. The van der Waals surface area contributed by atoms with Gasteiger partial charge in [0.05, 0.1) is 5.69 Å². The SMILES string of the molecule is Cc1nccc(CNC(C)C(C)CO)n1. The van der Waals surface area contributed by atoms with Crippen molar-refractivity contribution in [3.8, 4) is 0 Å². The lowest BCUT2D eigenvalue weighted by molar-refractivity contribution is 0.206. The second kappa shape index (κ2) is 5.78. The third-order valence-electron chi connectivity index (χ3n) is 2.58. The molecule has 4 heteroatoms. The van der Waals surface area contributed by atoms with Crippen molar-refractivity contribution in [2.24, 2.45) is 5.92 Å². The molecule has 15 heavy (non-hydrogen) atoms. The standard InChI is InChI=1S/C11H19N3O/c1-8(7-15)9(2)13-6-11-4-5-12-10(3)14-11/h4-5,8-9,13,15H,6-7H2,1-3H3. The summed E-state index contributed by atoms with van der Waals surface area (Å²) in [6.07, 6.45) is 1.76. The van der Waals surface area contributed by atoms with Crippen molar-refractivity contribution in [2.75, 3.05) is 6.61 Å². The van der Waals surface area contributed by atoms with Crippen LogP contribution in [-0.2, 0) is 6.54 Å². The summed E-state index contributed by atoms with van der Waals surface area (Å²) in [7, 11) is 0. The van der Waals surface area contributed by atoms with Crippen LogP contribution in [0.15, 0.2) is 12.3 Å². The number of hydrogen-bond donors (Lipinski definition) is 2. The molecular formula is C11H19N3O. The van der Waals surface area contributed by atoms with E-state index in [1.807, 2.05) is 19.9 Å². The minimum Gasteiger partial charge on any atom is -0.396 e. The summed E-state index contributed by atoms with van der Waals surface area (Å²) in [5.74, 6) is 1.05. The molecule has 1 aromatic heterocycles. The van der Waals surface area contributed by atoms with Gasteiger partial charge >= 0.3 is 0 Å². The van der Waals surface area contributed by atoms with Crippen LogP contribution in [0.4, 0.5) is 0 Å². The van der Waals surface area contributed by atoms with E-state index < -0.39 is 0 Å². The molecule has 0 saturated heterocycles. The topological polar surface area (TPSA) is 58.0 Å². The average Bonchev–Trinajstić information content (AvgIpc) is 2.25. The highest BCUT2D eigenvalue weighted by atomic mass is 16.3. The Balaban J connectivity index is 2.43. The van der Waals surface area contributed by atoms with Crippen molar-refractivity contribution in [1.82, 2.24) is 15.3 Å². The third-order valence-corrected chi connectivity index (χ3v) is 2.58. The summed E-state index contributed by atoms with van der Waals surface area (Å²) in [5, 5.41) is 12.3. The Bertz CT molecular complexity index is 304. The van der Waals surface area contributed by atoms with Crippen LogP contribution in [-0.4, -0.2) is 27.7 Å². The molecule has 0 aliphatic rings. The van der Waals surface area contributed by atoms with Crippen LogP contribution in [0, 0.1) is 12.8 Å². The van der Waals surface area contributed by atoms with E-state index in [1.165, 1.54) is 0 Å². The minimum absolute atomic E-state index is 0.205. The number of aromatic nitrogens is 2. The molecule has 0 amide bonds. The minimum atomic E-state index is 0.205. The first-order valence-corrected chi connectivity index (χ1v) is 5.26. The zero-order chi connectivity index (χ0) is 11.3. The first kappa shape index (κ1) is 12.1. The first-order valence-electron chi connectivity index (χ1n) is 5.26. The van der Waals surface area contributed by atoms with Crippen molar-refractivity contribution >= 4 is 0 Å². The van der Waals surface area contributed by atoms with Gasteiger partial charge in [-0.15, -0.1) is 0 Å². The van der Waals surface area contributed by atoms with E-state index in [-0.39, 0.29) is 18.6 Å². The van der Waals surface area contributed by atoms with Crippen LogP contribution in [0.3, 0.4) is 0 Å². The molecule has 1 heterocycles. The van der Waals surface area contributed by atoms with Gasteiger partial charge in [0.15, 0.2) is 0 Å². The summed E-state index contributed by atoms with van der Waals surface area (Å²) >= 11 is 0. The normalized spacial score (nSPS) is 14.9. The van der Waals surface area contributed by atoms with Gasteiger partial charge in [-0.2, -0.15) is 0 Å². The van der Waals surface area contributed by atoms with Gasteiger partial charge in [0.1, 0.15) is 5.82 Å². The van der Waals surface area contributed by atoms with Gasteiger partial charge in [0, 0.05) is 25.4 Å². The molecule has 0 fully saturated rings. The van der Waals surface area contributed by atoms with Gasteiger partial charge < -0.3 is 10.4 Å². The van der Waals surface area contributed by atoms with E-state index in [2.05, 4.69) is 22.2 Å². The summed E-state index contributed by atoms with van der Waals surface area (Å²) < 4.78 is 0. The maximum Gasteiger partial charge on any atom is 0.125 e. The van der Waals surface area contributed by atoms with E-state index in [0.717, 1.165) is 18.1 Å². The number of aliphatic hydroxyl groups is 1. The van der Waals surface area contributed by atoms with E-state index in [4.69, 9.17) is 5.11 Å². The molecule has 0 aliphatic carbocycles. The van der Waals surface area contributed by atoms with Crippen LogP contribution in [0.1, 0.15) is 25.4 Å². The van der Waals surface area contributed by atoms with Crippen molar-refractivity contribution in [1.29, 1.82) is 0 Å². The molecule has 0 aromatic carbocycles. The fraction of sp³-hybridized carbons (Fsp3) is 0.636. The van der Waals surface area contributed by atoms with Crippen molar-refractivity contribution in [3.05, 3.63) is 23.8 Å². The second-order valence-electron chi connectivity index (χ2n) is 3.92. The molecule has 0 aliphatic heterocycles. The van der Waals surface area contributed by atoms with Gasteiger partial charge in [-0.3, -0.25) is 0 Å². The molecule has 4 nitrogen and oxygen atoms in total. The highest BCUT2D eigenvalue weighted by Crippen LogP contribution is 2.02. The predicted octanol–water partition coefficient (Wildman–Crippen LogP) is 0.892. The summed E-state index contributed by atoms with van der Waals surface area (Å²) in [5.41, 5.74) is 0.986. The Morgan fingerprint density at radius 1 is 1.47 bits per heavy atom. The molecule has 1 rings (SSSR count). The lowest BCUT2D eigenvalue weighted by Crippen LogP contribution is -2.33. The Kier molecular flexibility index (Phi) is 4.65. The monoisotopic (exact) mass is 209 g/mol. The van der Waals surface area contributed by atoms with Crippen LogP contribution in [0.5, 0.6) is 0 Å². The highest BCUT2D eigenvalue weighted by Gasteiger charge is 2.10. The Morgan fingerprint density at radius 2 is 2.20 bits per heavy atom. The largest absolute Gasteiger partial charge is 0.396 e. The van der Waals surface area contributed by atoms with Crippen molar-refractivity contribution in [2.45, 2.75) is 33.4 Å². The zero-order valence-corrected chi connectivity index (χ0v) is 9.57. The van der Waals surface area contributed by atoms with Gasteiger partial charge in [-0.05, 0) is 25.8 Å². The number of hydrogen-bond acceptors (Lipinski definition) is 4. The van der Waals surface area contributed by atoms with E-state index in [0.29, 0.717) is 0 Å². The van der Waals surface area contributed by atoms with Gasteiger partial charge in [-0.25, -0.2) is 9.97 Å². The average molecular weight is 209 g/mol. The highest BCUT2D eigenvalue weighted by molar-refractivity contribution is 5.01. The van der Waals surface area contributed by atoms with Crippen LogP contribution >= 0.6 is 0 Å². The summed E-state index contributed by atoms with van der Waals surface area (Å²) in [4.78, 5) is 8.33. The third kappa shape index (κ3) is 3.93. The molecule has 2 atom stereocenters. The smallest absolute Gasteiger partial charge is 0.125 e. The molecule has 0 bridgehead atoms. The fourth-order valence-corrected chi connectivity index (χ4v) is 1.23. The number of aliphatic hydroxyl groups excluding tert-OH is 1. The molecule has 0 spiro atoms. The Labute approximate surface area is 90.8 Å². The molecule has 2 unspecified atom stereocenters. The molecule has 2 N–H and O–H groups in total. The fourth-order valence-electron chi connectivity index (χ4n) is 1.23. The molecule has 0 radical (unpaired) electrons. The number of rotatable bonds is 5. The van der Waals surface area contributed by atoms with Crippen LogP contribution in [0.25, 0.3) is 0 Å². The Hall–Kier alpha value is -1.00. The molecule has 1 aromatic rings. The van der Waals surface area contributed by atoms with Gasteiger partial charge in [0.2, 0.25) is 0 Å². The van der Waals surface area contributed by atoms with Gasteiger partial charge in [0.25, 0.3) is 0 Å². The molecule has 0 saturated carbocycles. The quantitative estimate of drug-likeness (QED) is 0.756.